The van der Waals surface area contributed by atoms with E-state index in [9.17, 15) is 0 Å². The Morgan fingerprint density at radius 2 is 2.35 bits per heavy atom. The van der Waals surface area contributed by atoms with Gasteiger partial charge in [-0.3, -0.25) is 0 Å². The fourth-order valence-electron chi connectivity index (χ4n) is 2.01. The van der Waals surface area contributed by atoms with Gasteiger partial charge in [0.05, 0.1) is 12.0 Å². The molecule has 17 heavy (non-hydrogen) atoms. The zero-order valence-electron chi connectivity index (χ0n) is 9.99. The van der Waals surface area contributed by atoms with Crippen LogP contribution in [0.3, 0.4) is 0 Å². The minimum atomic E-state index is 0.0174. The highest BCUT2D eigenvalue weighted by Gasteiger charge is 2.21. The predicted molar refractivity (Wildman–Crippen MR) is 68.9 cm³/mol. The normalized spacial score (nSPS) is 19.8. The molecule has 3 nitrogen and oxygen atoms in total. The second-order valence-corrected chi connectivity index (χ2v) is 4.88. The molecule has 2 rings (SSSR count). The summed E-state index contributed by atoms with van der Waals surface area (Å²) in [5.74, 6) is 1.01. The Morgan fingerprint density at radius 1 is 1.53 bits per heavy atom. The maximum absolute atomic E-state index is 6.03. The summed E-state index contributed by atoms with van der Waals surface area (Å²) in [7, 11) is 1.66. The van der Waals surface area contributed by atoms with Crippen molar-refractivity contribution >= 4 is 11.6 Å². The van der Waals surface area contributed by atoms with E-state index in [1.807, 2.05) is 18.2 Å². The molecule has 0 saturated carbocycles. The van der Waals surface area contributed by atoms with E-state index in [0.717, 1.165) is 25.3 Å². The zero-order chi connectivity index (χ0) is 12.1. The second-order valence-electron chi connectivity index (χ2n) is 4.26. The number of fused-ring (bicyclic) bond motifs is 1. The van der Waals surface area contributed by atoms with E-state index in [-0.39, 0.29) is 11.5 Å². The highest BCUT2D eigenvalue weighted by molar-refractivity contribution is 6.20. The maximum Gasteiger partial charge on any atom is 0.123 e. The molecule has 0 radical (unpaired) electrons. The third kappa shape index (κ3) is 3.60. The van der Waals surface area contributed by atoms with Crippen molar-refractivity contribution in [3.05, 3.63) is 29.8 Å². The molecule has 0 aromatic heterocycles. The van der Waals surface area contributed by atoms with Gasteiger partial charge < -0.3 is 14.8 Å². The van der Waals surface area contributed by atoms with Crippen LogP contribution in [-0.2, 0) is 11.2 Å². The van der Waals surface area contributed by atoms with E-state index >= 15 is 0 Å². The monoisotopic (exact) mass is 255 g/mol. The molecule has 1 aliphatic rings. The van der Waals surface area contributed by atoms with Crippen molar-refractivity contribution in [2.75, 3.05) is 26.8 Å². The number of halogens is 1. The first-order valence-electron chi connectivity index (χ1n) is 5.88. The lowest BCUT2D eigenvalue weighted by molar-refractivity contribution is 0.192. The average Bonchev–Trinajstić information content (AvgIpc) is 2.71. The van der Waals surface area contributed by atoms with Crippen molar-refractivity contribution in [1.29, 1.82) is 0 Å². The van der Waals surface area contributed by atoms with Crippen LogP contribution in [-0.4, -0.2) is 38.3 Å². The minimum absolute atomic E-state index is 0.0174. The summed E-state index contributed by atoms with van der Waals surface area (Å²) in [4.78, 5) is 0. The van der Waals surface area contributed by atoms with Gasteiger partial charge in [-0.1, -0.05) is 18.2 Å². The van der Waals surface area contributed by atoms with Crippen molar-refractivity contribution in [2.45, 2.75) is 17.9 Å². The molecule has 0 aliphatic carbocycles. The van der Waals surface area contributed by atoms with Crippen LogP contribution in [0.25, 0.3) is 0 Å². The number of methoxy groups -OCH3 is 1. The number of nitrogens with one attached hydrogen (secondary N) is 1. The van der Waals surface area contributed by atoms with E-state index in [2.05, 4.69) is 11.4 Å². The smallest absolute Gasteiger partial charge is 0.123 e. The van der Waals surface area contributed by atoms with E-state index in [0.29, 0.717) is 6.61 Å². The van der Waals surface area contributed by atoms with Gasteiger partial charge in [0.25, 0.3) is 0 Å². The van der Waals surface area contributed by atoms with Gasteiger partial charge in [0.15, 0.2) is 0 Å². The van der Waals surface area contributed by atoms with Crippen molar-refractivity contribution < 1.29 is 9.47 Å². The van der Waals surface area contributed by atoms with Crippen molar-refractivity contribution in [3.63, 3.8) is 0 Å². The number of hydrogen-bond acceptors (Lipinski definition) is 3. The van der Waals surface area contributed by atoms with Gasteiger partial charge in [0, 0.05) is 26.6 Å². The first kappa shape index (κ1) is 12.7. The maximum atomic E-state index is 6.03. The minimum Gasteiger partial charge on any atom is -0.488 e. The molecule has 0 spiro atoms. The fraction of sp³-hybridized carbons (Fsp3) is 0.538. The van der Waals surface area contributed by atoms with Gasteiger partial charge in [0.2, 0.25) is 0 Å². The van der Waals surface area contributed by atoms with Crippen LogP contribution in [0, 0.1) is 0 Å². The quantitative estimate of drug-likeness (QED) is 0.787. The van der Waals surface area contributed by atoms with Gasteiger partial charge in [-0.25, -0.2) is 0 Å². The largest absolute Gasteiger partial charge is 0.488 e. The Labute approximate surface area is 107 Å². The van der Waals surface area contributed by atoms with Crippen LogP contribution in [0.4, 0.5) is 0 Å². The molecule has 2 unspecified atom stereocenters. The molecule has 0 amide bonds. The molecule has 2 atom stereocenters. The third-order valence-electron chi connectivity index (χ3n) is 2.80. The molecule has 94 valence electrons. The molecule has 1 heterocycles. The number of hydrogen-bond donors (Lipinski definition) is 1. The van der Waals surface area contributed by atoms with Gasteiger partial charge in [-0.15, -0.1) is 11.6 Å². The Morgan fingerprint density at radius 3 is 3.12 bits per heavy atom. The molecule has 0 fully saturated rings. The highest BCUT2D eigenvalue weighted by Crippen LogP contribution is 2.27. The topological polar surface area (TPSA) is 30.5 Å². The third-order valence-corrected chi connectivity index (χ3v) is 3.08. The Balaban J connectivity index is 1.70. The molecular weight excluding hydrogens is 238 g/mol. The number of rotatable bonds is 6. The second kappa shape index (κ2) is 6.24. The Bertz CT molecular complexity index is 334. The van der Waals surface area contributed by atoms with Crippen LogP contribution in [0.2, 0.25) is 0 Å². The van der Waals surface area contributed by atoms with E-state index < -0.39 is 0 Å². The fourth-order valence-corrected chi connectivity index (χ4v) is 2.24. The molecule has 0 bridgehead atoms. The number of para-hydroxylation sites is 1. The lowest BCUT2D eigenvalue weighted by Crippen LogP contribution is -2.34. The van der Waals surface area contributed by atoms with E-state index in [4.69, 9.17) is 21.1 Å². The average molecular weight is 256 g/mol. The number of benzene rings is 1. The predicted octanol–water partition coefficient (Wildman–Crippen LogP) is 1.83. The van der Waals surface area contributed by atoms with Gasteiger partial charge in [-0.05, 0) is 11.6 Å². The summed E-state index contributed by atoms with van der Waals surface area (Å²) < 4.78 is 10.8. The van der Waals surface area contributed by atoms with Crippen molar-refractivity contribution in [1.82, 2.24) is 5.32 Å². The lowest BCUT2D eigenvalue weighted by atomic mass is 10.1. The van der Waals surface area contributed by atoms with E-state index in [1.54, 1.807) is 7.11 Å². The first-order valence-corrected chi connectivity index (χ1v) is 6.31. The van der Waals surface area contributed by atoms with Crippen LogP contribution >= 0.6 is 11.6 Å². The van der Waals surface area contributed by atoms with Crippen molar-refractivity contribution in [3.8, 4) is 5.75 Å². The summed E-state index contributed by atoms with van der Waals surface area (Å²) in [6.45, 7) is 2.13. The summed E-state index contributed by atoms with van der Waals surface area (Å²) in [5.41, 5.74) is 1.29. The van der Waals surface area contributed by atoms with Crippen LogP contribution in [0.1, 0.15) is 5.56 Å². The summed E-state index contributed by atoms with van der Waals surface area (Å²) in [6.07, 6.45) is 1.19. The van der Waals surface area contributed by atoms with Crippen LogP contribution < -0.4 is 10.1 Å². The Hall–Kier alpha value is -0.770. The molecule has 4 heteroatoms. The first-order chi connectivity index (χ1) is 8.29. The van der Waals surface area contributed by atoms with Gasteiger partial charge in [0.1, 0.15) is 11.9 Å². The molecule has 1 N–H and O–H groups in total. The van der Waals surface area contributed by atoms with Crippen molar-refractivity contribution in [2.24, 2.45) is 0 Å². The standard InChI is InChI=1S/C13H18ClNO2/c1-16-9-11(14)7-15-8-12-6-10-4-2-3-5-13(10)17-12/h2-5,11-12,15H,6-9H2,1H3. The van der Waals surface area contributed by atoms with Crippen LogP contribution in [0.5, 0.6) is 5.75 Å². The van der Waals surface area contributed by atoms with Crippen LogP contribution in [0.15, 0.2) is 24.3 Å². The Kier molecular flexibility index (Phi) is 4.66. The molecule has 1 aromatic rings. The molecule has 0 saturated heterocycles. The zero-order valence-corrected chi connectivity index (χ0v) is 10.7. The number of alkyl halides is 1. The summed E-state index contributed by atoms with van der Waals surface area (Å²) in [6, 6.07) is 8.18. The van der Waals surface area contributed by atoms with E-state index in [1.165, 1.54) is 5.56 Å². The lowest BCUT2D eigenvalue weighted by Gasteiger charge is -2.14. The summed E-state index contributed by atoms with van der Waals surface area (Å²) in [5, 5.41) is 3.33. The highest BCUT2D eigenvalue weighted by atomic mass is 35.5. The molecule has 1 aromatic carbocycles. The summed E-state index contributed by atoms with van der Waals surface area (Å²) >= 11 is 6.03. The molecule has 1 aliphatic heterocycles. The number of ether oxygens (including phenoxy) is 2. The molecular formula is C13H18ClNO2. The van der Waals surface area contributed by atoms with Gasteiger partial charge in [-0.2, -0.15) is 0 Å². The van der Waals surface area contributed by atoms with Gasteiger partial charge >= 0.3 is 0 Å². The SMILES string of the molecule is COCC(Cl)CNCC1Cc2ccccc2O1.